The van der Waals surface area contributed by atoms with E-state index in [-0.39, 0.29) is 35.8 Å². The lowest BCUT2D eigenvalue weighted by Crippen LogP contribution is -2.53. The molecular weight excluding hydrogens is 600 g/mol. The molecule has 5 aromatic rings. The quantitative estimate of drug-likeness (QED) is 0.300. The Kier molecular flexibility index (Phi) is 8.04. The molecule has 4 aromatic heterocycles. The molecule has 2 atom stereocenters. The van der Waals surface area contributed by atoms with Crippen molar-refractivity contribution in [1.29, 1.82) is 0 Å². The Morgan fingerprint density at radius 1 is 1.00 bits per heavy atom. The number of benzene rings is 1. The third kappa shape index (κ3) is 5.76. The zero-order chi connectivity index (χ0) is 31.8. The van der Waals surface area contributed by atoms with Crippen molar-refractivity contribution in [3.63, 3.8) is 0 Å². The molecule has 1 aromatic carbocycles. The minimum atomic E-state index is -1.12. The van der Waals surface area contributed by atoms with Crippen molar-refractivity contribution in [2.45, 2.75) is 37.3 Å². The van der Waals surface area contributed by atoms with E-state index in [1.165, 1.54) is 22.2 Å². The Morgan fingerprint density at radius 3 is 2.57 bits per heavy atom. The number of amides is 2. The van der Waals surface area contributed by atoms with Gasteiger partial charge in [0.05, 0.1) is 22.4 Å². The smallest absolute Gasteiger partial charge is 0.263 e. The van der Waals surface area contributed by atoms with Gasteiger partial charge in [-0.1, -0.05) is 36.4 Å². The van der Waals surface area contributed by atoms with Crippen LogP contribution < -0.4 is 5.56 Å². The summed E-state index contributed by atoms with van der Waals surface area (Å²) in [5, 5.41) is 12.0. The highest BCUT2D eigenvalue weighted by molar-refractivity contribution is 7.17. The number of likely N-dealkylation sites (tertiary alicyclic amines) is 2. The van der Waals surface area contributed by atoms with Gasteiger partial charge in [0.2, 0.25) is 5.91 Å². The summed E-state index contributed by atoms with van der Waals surface area (Å²) in [5.41, 5.74) is 1.33. The average molecular weight is 637 g/mol. The molecule has 10 nitrogen and oxygen atoms in total. The summed E-state index contributed by atoms with van der Waals surface area (Å²) in [5.74, 6) is -0.387. The molecule has 2 amide bonds. The first kappa shape index (κ1) is 30.1. The van der Waals surface area contributed by atoms with E-state index in [1.807, 2.05) is 71.4 Å². The molecule has 0 unspecified atom stereocenters. The maximum absolute atomic E-state index is 14.1. The van der Waals surface area contributed by atoms with Crippen molar-refractivity contribution in [3.05, 3.63) is 106 Å². The van der Waals surface area contributed by atoms with Crippen LogP contribution in [0.3, 0.4) is 0 Å². The fourth-order valence-electron chi connectivity index (χ4n) is 6.89. The largest absolute Gasteiger partial charge is 0.388 e. The molecule has 2 aliphatic heterocycles. The highest BCUT2D eigenvalue weighted by Gasteiger charge is 2.42. The minimum absolute atomic E-state index is 0.0200. The van der Waals surface area contributed by atoms with E-state index in [0.717, 1.165) is 16.0 Å². The van der Waals surface area contributed by atoms with E-state index in [4.69, 9.17) is 0 Å². The Balaban J connectivity index is 1.04. The number of fused-ring (bicyclic) bond motifs is 1. The van der Waals surface area contributed by atoms with Crippen LogP contribution in [0.25, 0.3) is 21.5 Å². The molecule has 7 rings (SSSR count). The molecule has 236 valence electrons. The average Bonchev–Trinajstić information content (AvgIpc) is 3.74. The summed E-state index contributed by atoms with van der Waals surface area (Å²) in [6.07, 6.45) is 8.11. The number of pyridine rings is 1. The molecule has 0 spiro atoms. The Morgan fingerprint density at radius 2 is 1.80 bits per heavy atom. The summed E-state index contributed by atoms with van der Waals surface area (Å²) in [7, 11) is 1.84. The number of carbonyl (C=O) groups excluding carboxylic acids is 2. The molecule has 0 bridgehead atoms. The van der Waals surface area contributed by atoms with E-state index in [2.05, 4.69) is 9.97 Å². The lowest BCUT2D eigenvalue weighted by molar-refractivity contribution is -0.142. The Hall–Kier alpha value is -4.61. The van der Waals surface area contributed by atoms with Crippen LogP contribution in [0.2, 0.25) is 0 Å². The van der Waals surface area contributed by atoms with E-state index >= 15 is 0 Å². The van der Waals surface area contributed by atoms with Gasteiger partial charge in [0.25, 0.3) is 11.5 Å². The number of piperidine rings is 2. The minimum Gasteiger partial charge on any atom is -0.388 e. The van der Waals surface area contributed by atoms with Gasteiger partial charge < -0.3 is 19.5 Å². The second-order valence-corrected chi connectivity index (χ2v) is 13.5. The molecule has 0 aliphatic carbocycles. The number of aliphatic hydroxyl groups is 1. The number of aromatic nitrogens is 4. The van der Waals surface area contributed by atoms with Crippen molar-refractivity contribution >= 4 is 34.2 Å². The monoisotopic (exact) mass is 636 g/mol. The highest BCUT2D eigenvalue weighted by Crippen LogP contribution is 2.37. The van der Waals surface area contributed by atoms with Crippen molar-refractivity contribution in [2.24, 2.45) is 13.0 Å². The molecule has 6 heterocycles. The first-order valence-electron chi connectivity index (χ1n) is 15.7. The van der Waals surface area contributed by atoms with Crippen LogP contribution >= 0.6 is 11.3 Å². The molecule has 2 saturated heterocycles. The predicted octanol–water partition coefficient (Wildman–Crippen LogP) is 4.16. The summed E-state index contributed by atoms with van der Waals surface area (Å²) in [4.78, 5) is 54.8. The molecule has 2 fully saturated rings. The zero-order valence-electron chi connectivity index (χ0n) is 25.7. The van der Waals surface area contributed by atoms with Gasteiger partial charge in [-0.3, -0.25) is 23.9 Å². The Labute approximate surface area is 270 Å². The standard InChI is InChI=1S/C35H36N6O4S/c1-38-16-11-27-31(38)37-23-41(33(27)43)22-35(45)13-18-39(19-14-35)32(42)26-12-17-40(21-28(26)24-6-3-2-4-7-24)34(44)30-10-9-29(46-30)25-8-5-15-36-20-25/h2-11,15-16,20,23,26,28,45H,12-14,17-19,21-22H2,1H3/t26-,28+/m1/s1. The maximum atomic E-state index is 14.1. The number of hydrogen-bond acceptors (Lipinski definition) is 7. The van der Waals surface area contributed by atoms with Crippen molar-refractivity contribution in [2.75, 3.05) is 26.2 Å². The predicted molar refractivity (Wildman–Crippen MR) is 176 cm³/mol. The fraction of sp³-hybridized carbons (Fsp3) is 0.343. The molecule has 0 saturated carbocycles. The molecule has 2 aliphatic rings. The molecule has 0 radical (unpaired) electrons. The van der Waals surface area contributed by atoms with Gasteiger partial charge in [-0.25, -0.2) is 4.98 Å². The number of hydrogen-bond donors (Lipinski definition) is 1. The number of aryl methyl sites for hydroxylation is 1. The normalized spacial score (nSPS) is 19.8. The van der Waals surface area contributed by atoms with Crippen LogP contribution in [0.1, 0.15) is 40.4 Å². The fourth-order valence-corrected chi connectivity index (χ4v) is 7.85. The SMILES string of the molecule is Cn1ccc2c(=O)n(CC3(O)CCN(C(=O)[C@@H]4CCN(C(=O)c5ccc(-c6cccnc6)s5)C[C@H]4c4ccccc4)CC3)cnc21. The van der Waals surface area contributed by atoms with Crippen LogP contribution in [-0.4, -0.2) is 77.6 Å². The summed E-state index contributed by atoms with van der Waals surface area (Å²) < 4.78 is 3.27. The van der Waals surface area contributed by atoms with Crippen molar-refractivity contribution < 1.29 is 14.7 Å². The van der Waals surface area contributed by atoms with Crippen molar-refractivity contribution in [3.8, 4) is 10.4 Å². The van der Waals surface area contributed by atoms with Crippen LogP contribution in [0.15, 0.2) is 90.4 Å². The maximum Gasteiger partial charge on any atom is 0.263 e. The second-order valence-electron chi connectivity index (χ2n) is 12.5. The summed E-state index contributed by atoms with van der Waals surface area (Å²) in [6, 6.07) is 19.4. The van der Waals surface area contributed by atoms with Gasteiger partial charge in [0.1, 0.15) is 12.0 Å². The van der Waals surface area contributed by atoms with Gasteiger partial charge in [0.15, 0.2) is 0 Å². The first-order chi connectivity index (χ1) is 22.3. The second kappa shape index (κ2) is 12.3. The lowest BCUT2D eigenvalue weighted by atomic mass is 9.79. The number of nitrogens with zero attached hydrogens (tertiary/aromatic N) is 6. The highest BCUT2D eigenvalue weighted by atomic mass is 32.1. The third-order valence-electron chi connectivity index (χ3n) is 9.53. The number of carbonyl (C=O) groups is 2. The molecule has 1 N–H and O–H groups in total. The third-order valence-corrected chi connectivity index (χ3v) is 10.7. The molecular formula is C35H36N6O4S. The summed E-state index contributed by atoms with van der Waals surface area (Å²) in [6.45, 7) is 1.88. The van der Waals surface area contributed by atoms with Gasteiger partial charge in [-0.15, -0.1) is 11.3 Å². The number of thiophene rings is 1. The van der Waals surface area contributed by atoms with Gasteiger partial charge in [-0.05, 0) is 49.1 Å². The van der Waals surface area contributed by atoms with Crippen molar-refractivity contribution in [1.82, 2.24) is 28.9 Å². The van der Waals surface area contributed by atoms with Gasteiger partial charge in [0, 0.05) is 74.1 Å². The van der Waals surface area contributed by atoms with E-state index < -0.39 is 5.60 Å². The Bertz CT molecular complexity index is 1930. The van der Waals surface area contributed by atoms with Gasteiger partial charge >= 0.3 is 0 Å². The summed E-state index contributed by atoms with van der Waals surface area (Å²) >= 11 is 1.46. The van der Waals surface area contributed by atoms with Crippen LogP contribution in [0.5, 0.6) is 0 Å². The van der Waals surface area contributed by atoms with E-state index in [1.54, 1.807) is 29.2 Å². The lowest BCUT2D eigenvalue weighted by Gasteiger charge is -2.43. The molecule has 11 heteroatoms. The van der Waals surface area contributed by atoms with Crippen LogP contribution in [0, 0.1) is 5.92 Å². The zero-order valence-corrected chi connectivity index (χ0v) is 26.5. The van der Waals surface area contributed by atoms with Crippen LogP contribution in [0.4, 0.5) is 0 Å². The topological polar surface area (TPSA) is 114 Å². The van der Waals surface area contributed by atoms with Gasteiger partial charge in [-0.2, -0.15) is 0 Å². The first-order valence-corrected chi connectivity index (χ1v) is 16.5. The molecule has 46 heavy (non-hydrogen) atoms. The van der Waals surface area contributed by atoms with Crippen LogP contribution in [-0.2, 0) is 18.4 Å². The van der Waals surface area contributed by atoms with E-state index in [9.17, 15) is 19.5 Å². The number of rotatable bonds is 6. The van der Waals surface area contributed by atoms with E-state index in [0.29, 0.717) is 61.4 Å².